The molecular weight excluding hydrogens is 613 g/mol. The van der Waals surface area contributed by atoms with E-state index < -0.39 is 0 Å². The van der Waals surface area contributed by atoms with Crippen molar-refractivity contribution < 1.29 is 0 Å². The number of nitrogens with zero attached hydrogens (tertiary/aromatic N) is 2. The van der Waals surface area contributed by atoms with Crippen molar-refractivity contribution in [3.8, 4) is 45.0 Å². The van der Waals surface area contributed by atoms with Crippen molar-refractivity contribution in [2.45, 2.75) is 0 Å². The number of aromatic nitrogens is 2. The maximum Gasteiger partial charge on any atom is 0.160 e. The molecule has 0 bridgehead atoms. The van der Waals surface area contributed by atoms with Gasteiger partial charge in [0.15, 0.2) is 5.82 Å². The fourth-order valence-corrected chi connectivity index (χ4v) is 8.53. The highest BCUT2D eigenvalue weighted by Gasteiger charge is 2.19. The lowest BCUT2D eigenvalue weighted by Gasteiger charge is -2.17. The summed E-state index contributed by atoms with van der Waals surface area (Å²) in [5.74, 6) is 0.712. The number of rotatable bonds is 4. The van der Waals surface area contributed by atoms with Crippen LogP contribution in [0.25, 0.3) is 97.5 Å². The molecule has 0 amide bonds. The maximum atomic E-state index is 5.36. The molecule has 0 aliphatic heterocycles. The van der Waals surface area contributed by atoms with Gasteiger partial charge in [-0.1, -0.05) is 146 Å². The van der Waals surface area contributed by atoms with Crippen LogP contribution in [-0.4, -0.2) is 9.97 Å². The van der Waals surface area contributed by atoms with E-state index in [4.69, 9.17) is 9.97 Å². The molecule has 0 aliphatic carbocycles. The van der Waals surface area contributed by atoms with Crippen LogP contribution in [0.4, 0.5) is 0 Å². The number of thiophene rings is 1. The molecule has 0 unspecified atom stereocenters. The van der Waals surface area contributed by atoms with Crippen LogP contribution in [0.15, 0.2) is 170 Å². The molecule has 2 nitrogen and oxygen atoms in total. The molecule has 49 heavy (non-hydrogen) atoms. The Bertz CT molecular complexity index is 2890. The van der Waals surface area contributed by atoms with Crippen molar-refractivity contribution >= 4 is 63.8 Å². The van der Waals surface area contributed by atoms with Crippen LogP contribution >= 0.6 is 11.3 Å². The van der Waals surface area contributed by atoms with Crippen molar-refractivity contribution in [1.82, 2.24) is 9.97 Å². The molecule has 0 spiro atoms. The quantitative estimate of drug-likeness (QED) is 0.141. The normalized spacial score (nSPS) is 11.7. The summed E-state index contributed by atoms with van der Waals surface area (Å²) in [5, 5.41) is 9.83. The minimum atomic E-state index is 0.712. The first-order valence-corrected chi connectivity index (χ1v) is 17.4. The van der Waals surface area contributed by atoms with Crippen LogP contribution in [0.3, 0.4) is 0 Å². The summed E-state index contributed by atoms with van der Waals surface area (Å²) in [5.41, 5.74) is 7.35. The average molecular weight is 641 g/mol. The van der Waals surface area contributed by atoms with Gasteiger partial charge in [0, 0.05) is 36.9 Å². The van der Waals surface area contributed by atoms with Gasteiger partial charge in [0.25, 0.3) is 0 Å². The Morgan fingerprint density at radius 3 is 1.90 bits per heavy atom. The van der Waals surface area contributed by atoms with E-state index in [1.165, 1.54) is 58.1 Å². The second-order valence-corrected chi connectivity index (χ2v) is 13.6. The van der Waals surface area contributed by atoms with E-state index in [9.17, 15) is 0 Å². The van der Waals surface area contributed by atoms with Gasteiger partial charge in [-0.25, -0.2) is 9.97 Å². The minimum absolute atomic E-state index is 0.712. The summed E-state index contributed by atoms with van der Waals surface area (Å²) in [7, 11) is 0. The Hall–Kier alpha value is -6.16. The van der Waals surface area contributed by atoms with E-state index in [2.05, 4.69) is 164 Å². The fourth-order valence-electron chi connectivity index (χ4n) is 7.39. The van der Waals surface area contributed by atoms with Crippen molar-refractivity contribution in [3.05, 3.63) is 170 Å². The zero-order chi connectivity index (χ0) is 32.3. The zero-order valence-electron chi connectivity index (χ0n) is 26.5. The molecule has 0 radical (unpaired) electrons. The smallest absolute Gasteiger partial charge is 0.160 e. The zero-order valence-corrected chi connectivity index (χ0v) is 27.3. The highest BCUT2D eigenvalue weighted by Crippen LogP contribution is 2.43. The molecule has 3 heteroatoms. The van der Waals surface area contributed by atoms with E-state index in [1.54, 1.807) is 0 Å². The molecule has 0 fully saturated rings. The first kappa shape index (κ1) is 27.9. The Kier molecular flexibility index (Phi) is 6.39. The third-order valence-electron chi connectivity index (χ3n) is 9.66. The molecule has 0 saturated heterocycles. The van der Waals surface area contributed by atoms with E-state index in [0.717, 1.165) is 33.6 Å². The SMILES string of the molecule is c1ccc(-c2nc(-c3ccccc3-c3ccc4c(c3)sc3ccccc34)cc(-c3c4ccccc4cc4ccc5ccccc5c34)n2)cc1. The number of benzene rings is 8. The largest absolute Gasteiger partial charge is 0.228 e. The lowest BCUT2D eigenvalue weighted by atomic mass is 9.90. The Morgan fingerprint density at radius 2 is 1.02 bits per heavy atom. The molecule has 0 atom stereocenters. The predicted octanol–water partition coefficient (Wildman–Crippen LogP) is 13.0. The summed E-state index contributed by atoms with van der Waals surface area (Å²) >= 11 is 1.85. The van der Waals surface area contributed by atoms with Crippen LogP contribution in [0.2, 0.25) is 0 Å². The predicted molar refractivity (Wildman–Crippen MR) is 209 cm³/mol. The van der Waals surface area contributed by atoms with Gasteiger partial charge in [0.05, 0.1) is 11.4 Å². The second kappa shape index (κ2) is 11.2. The Balaban J connectivity index is 1.26. The van der Waals surface area contributed by atoms with Gasteiger partial charge in [0.2, 0.25) is 0 Å². The van der Waals surface area contributed by atoms with Crippen LogP contribution in [0.5, 0.6) is 0 Å². The molecule has 0 aliphatic rings. The Labute approximate surface area is 287 Å². The summed E-state index contributed by atoms with van der Waals surface area (Å²) < 4.78 is 2.60. The van der Waals surface area contributed by atoms with Crippen LogP contribution < -0.4 is 0 Å². The number of fused-ring (bicyclic) bond motifs is 7. The first-order valence-electron chi connectivity index (χ1n) is 16.6. The third-order valence-corrected chi connectivity index (χ3v) is 10.8. The van der Waals surface area contributed by atoms with Gasteiger partial charge >= 0.3 is 0 Å². The lowest BCUT2D eigenvalue weighted by molar-refractivity contribution is 1.19. The monoisotopic (exact) mass is 640 g/mol. The third kappa shape index (κ3) is 4.62. The average Bonchev–Trinajstić information content (AvgIpc) is 3.55. The van der Waals surface area contributed by atoms with E-state index in [-0.39, 0.29) is 0 Å². The fraction of sp³-hybridized carbons (Fsp3) is 0. The summed E-state index contributed by atoms with van der Waals surface area (Å²) in [6.07, 6.45) is 0. The Morgan fingerprint density at radius 1 is 0.367 bits per heavy atom. The molecule has 0 saturated carbocycles. The van der Waals surface area contributed by atoms with Crippen molar-refractivity contribution in [3.63, 3.8) is 0 Å². The molecule has 0 N–H and O–H groups in total. The minimum Gasteiger partial charge on any atom is -0.228 e. The van der Waals surface area contributed by atoms with Crippen molar-refractivity contribution in [2.24, 2.45) is 0 Å². The second-order valence-electron chi connectivity index (χ2n) is 12.5. The van der Waals surface area contributed by atoms with Crippen molar-refractivity contribution in [1.29, 1.82) is 0 Å². The molecule has 8 aromatic carbocycles. The highest BCUT2D eigenvalue weighted by atomic mass is 32.1. The van der Waals surface area contributed by atoms with Gasteiger partial charge in [-0.2, -0.15) is 0 Å². The van der Waals surface area contributed by atoms with Crippen LogP contribution in [-0.2, 0) is 0 Å². The van der Waals surface area contributed by atoms with E-state index >= 15 is 0 Å². The van der Waals surface area contributed by atoms with Gasteiger partial charge in [-0.3, -0.25) is 0 Å². The maximum absolute atomic E-state index is 5.36. The van der Waals surface area contributed by atoms with Crippen LogP contribution in [0, 0.1) is 0 Å². The highest BCUT2D eigenvalue weighted by molar-refractivity contribution is 7.25. The van der Waals surface area contributed by atoms with Crippen LogP contribution in [0.1, 0.15) is 0 Å². The molecule has 2 heterocycles. The van der Waals surface area contributed by atoms with E-state index in [1.807, 2.05) is 17.4 Å². The number of hydrogen-bond donors (Lipinski definition) is 0. The molecule has 2 aromatic heterocycles. The van der Waals surface area contributed by atoms with Gasteiger partial charge in [-0.05, 0) is 67.7 Å². The summed E-state index contributed by atoms with van der Waals surface area (Å²) in [6, 6.07) is 60.8. The summed E-state index contributed by atoms with van der Waals surface area (Å²) in [4.78, 5) is 10.7. The van der Waals surface area contributed by atoms with E-state index in [0.29, 0.717) is 5.82 Å². The summed E-state index contributed by atoms with van der Waals surface area (Å²) in [6.45, 7) is 0. The topological polar surface area (TPSA) is 25.8 Å². The van der Waals surface area contributed by atoms with Gasteiger partial charge in [-0.15, -0.1) is 11.3 Å². The molecule has 10 rings (SSSR count). The molecule has 228 valence electrons. The van der Waals surface area contributed by atoms with Gasteiger partial charge < -0.3 is 0 Å². The number of hydrogen-bond acceptors (Lipinski definition) is 3. The first-order chi connectivity index (χ1) is 24.3. The standard InChI is InChI=1S/C46H28N2S/c1-2-13-30(14-3-1)46-47-40(37-19-9-8-16-34(37)32-24-25-39-38-20-10-11-21-42(38)49-43(39)27-32)28-41(48-46)45-36-18-7-5-15-31(36)26-33-23-22-29-12-4-6-17-35(29)44(33)45/h1-28H. The van der Waals surface area contributed by atoms with Crippen molar-refractivity contribution in [2.75, 3.05) is 0 Å². The van der Waals surface area contributed by atoms with Gasteiger partial charge in [0.1, 0.15) is 0 Å². The molecule has 10 aromatic rings. The molecular formula is C46H28N2S. The lowest BCUT2D eigenvalue weighted by Crippen LogP contribution is -1.98.